The first kappa shape index (κ1) is 16.7. The minimum Gasteiger partial charge on any atom is -0.478 e. The first-order valence-corrected chi connectivity index (χ1v) is 8.47. The normalized spacial score (nSPS) is 20.8. The lowest BCUT2D eigenvalue weighted by Gasteiger charge is -2.17. The van der Waals surface area contributed by atoms with Crippen molar-refractivity contribution in [1.29, 1.82) is 0 Å². The van der Waals surface area contributed by atoms with Crippen LogP contribution >= 0.6 is 0 Å². The van der Waals surface area contributed by atoms with Gasteiger partial charge in [0.05, 0.1) is 12.8 Å². The Kier molecular flexibility index (Phi) is 4.99. The van der Waals surface area contributed by atoms with Gasteiger partial charge in [0, 0.05) is 49.8 Å². The first-order valence-electron chi connectivity index (χ1n) is 8.47. The largest absolute Gasteiger partial charge is 0.478 e. The number of ether oxygens (including phenoxy) is 1. The molecule has 3 rings (SSSR count). The van der Waals surface area contributed by atoms with E-state index in [-0.39, 0.29) is 18.4 Å². The van der Waals surface area contributed by atoms with Crippen LogP contribution in [-0.4, -0.2) is 51.2 Å². The molecule has 24 heavy (non-hydrogen) atoms. The highest BCUT2D eigenvalue weighted by molar-refractivity contribution is 5.44. The van der Waals surface area contributed by atoms with E-state index in [2.05, 4.69) is 40.0 Å². The first-order chi connectivity index (χ1) is 11.6. The molecule has 0 aliphatic carbocycles. The highest BCUT2D eigenvalue weighted by atomic mass is 16.5. The Morgan fingerprint density at radius 1 is 1.33 bits per heavy atom. The van der Waals surface area contributed by atoms with Gasteiger partial charge in [-0.2, -0.15) is 5.10 Å². The quantitative estimate of drug-likeness (QED) is 0.871. The maximum absolute atomic E-state index is 9.81. The number of hydrogen-bond acceptors (Lipinski definition) is 6. The number of aliphatic hydroxyl groups excluding tert-OH is 1. The van der Waals surface area contributed by atoms with Crippen LogP contribution in [0.1, 0.15) is 38.3 Å². The van der Waals surface area contributed by atoms with Crippen molar-refractivity contribution in [2.45, 2.75) is 32.7 Å². The summed E-state index contributed by atoms with van der Waals surface area (Å²) in [6.07, 6.45) is 5.54. The Morgan fingerprint density at radius 2 is 2.17 bits per heavy atom. The van der Waals surface area contributed by atoms with E-state index >= 15 is 0 Å². The van der Waals surface area contributed by atoms with E-state index in [1.54, 1.807) is 0 Å². The Hall–Kier alpha value is -2.15. The Bertz CT molecular complexity index is 673. The third kappa shape index (κ3) is 3.36. The molecular weight excluding hydrogens is 306 g/mol. The van der Waals surface area contributed by atoms with E-state index in [1.807, 2.05) is 23.9 Å². The number of hydrogen-bond donors (Lipinski definition) is 1. The molecule has 1 saturated heterocycles. The summed E-state index contributed by atoms with van der Waals surface area (Å²) in [5.41, 5.74) is 1.17. The van der Waals surface area contributed by atoms with E-state index < -0.39 is 0 Å². The Balaban J connectivity index is 1.79. The van der Waals surface area contributed by atoms with Crippen molar-refractivity contribution in [1.82, 2.24) is 19.7 Å². The summed E-state index contributed by atoms with van der Waals surface area (Å²) < 4.78 is 7.42. The van der Waals surface area contributed by atoms with Gasteiger partial charge in [0.1, 0.15) is 12.1 Å². The fourth-order valence-electron chi connectivity index (χ4n) is 3.18. The van der Waals surface area contributed by atoms with Gasteiger partial charge in [0.2, 0.25) is 5.88 Å². The van der Waals surface area contributed by atoms with Gasteiger partial charge in [-0.3, -0.25) is 4.68 Å². The topological polar surface area (TPSA) is 76.3 Å². The maximum Gasteiger partial charge on any atom is 0.218 e. The number of anilines is 1. The molecule has 1 N–H and O–H groups in total. The number of nitrogens with zero attached hydrogens (tertiary/aromatic N) is 5. The van der Waals surface area contributed by atoms with Crippen LogP contribution in [-0.2, 0) is 0 Å². The summed E-state index contributed by atoms with van der Waals surface area (Å²) in [5.74, 6) is 1.83. The average Bonchev–Trinajstić information content (AvgIpc) is 3.22. The van der Waals surface area contributed by atoms with Crippen molar-refractivity contribution >= 4 is 5.82 Å². The smallest absolute Gasteiger partial charge is 0.218 e. The summed E-state index contributed by atoms with van der Waals surface area (Å²) in [6.45, 7) is 8.44. The highest BCUT2D eigenvalue weighted by Crippen LogP contribution is 2.35. The van der Waals surface area contributed by atoms with Crippen molar-refractivity contribution in [3.05, 3.63) is 30.4 Å². The number of rotatable bonds is 6. The molecule has 3 heterocycles. The molecule has 1 aliphatic rings. The second kappa shape index (κ2) is 7.17. The molecule has 2 aromatic rings. The molecule has 7 heteroatoms. The van der Waals surface area contributed by atoms with E-state index in [9.17, 15) is 5.11 Å². The van der Waals surface area contributed by atoms with Gasteiger partial charge in [-0.25, -0.2) is 9.97 Å². The van der Waals surface area contributed by atoms with Gasteiger partial charge in [-0.15, -0.1) is 0 Å². The summed E-state index contributed by atoms with van der Waals surface area (Å²) in [7, 11) is 0. The maximum atomic E-state index is 9.81. The lowest BCUT2D eigenvalue weighted by Crippen LogP contribution is -2.21. The lowest BCUT2D eigenvalue weighted by molar-refractivity contribution is 0.227. The fourth-order valence-corrected chi connectivity index (χ4v) is 3.18. The SMILES string of the molecule is CCOc1cc(N2C[C@@H](CO)[C@H](c3cnn(C(C)C)c3)C2)ncn1. The van der Waals surface area contributed by atoms with Gasteiger partial charge in [-0.05, 0) is 26.3 Å². The van der Waals surface area contributed by atoms with Crippen molar-refractivity contribution in [2.75, 3.05) is 31.2 Å². The van der Waals surface area contributed by atoms with Crippen LogP contribution in [0, 0.1) is 5.92 Å². The van der Waals surface area contributed by atoms with Crippen molar-refractivity contribution < 1.29 is 9.84 Å². The van der Waals surface area contributed by atoms with Gasteiger partial charge in [-0.1, -0.05) is 0 Å². The summed E-state index contributed by atoms with van der Waals surface area (Å²) in [4.78, 5) is 10.7. The predicted octanol–water partition coefficient (Wildman–Crippen LogP) is 1.86. The monoisotopic (exact) mass is 331 g/mol. The van der Waals surface area contributed by atoms with E-state index in [0.717, 1.165) is 18.9 Å². The molecule has 1 fully saturated rings. The molecule has 2 atom stereocenters. The summed E-state index contributed by atoms with van der Waals surface area (Å²) in [5, 5.41) is 14.2. The Morgan fingerprint density at radius 3 is 2.83 bits per heavy atom. The van der Waals surface area contributed by atoms with Crippen LogP contribution in [0.5, 0.6) is 5.88 Å². The number of aliphatic hydroxyl groups is 1. The molecule has 0 radical (unpaired) electrons. The third-order valence-corrected chi connectivity index (χ3v) is 4.50. The van der Waals surface area contributed by atoms with Gasteiger partial charge >= 0.3 is 0 Å². The van der Waals surface area contributed by atoms with Gasteiger partial charge < -0.3 is 14.7 Å². The van der Waals surface area contributed by atoms with Gasteiger partial charge in [0.15, 0.2) is 0 Å². The van der Waals surface area contributed by atoms with Gasteiger partial charge in [0.25, 0.3) is 0 Å². The second-order valence-electron chi connectivity index (χ2n) is 6.45. The Labute approximate surface area is 142 Å². The fraction of sp³-hybridized carbons (Fsp3) is 0.588. The molecule has 0 unspecified atom stereocenters. The third-order valence-electron chi connectivity index (χ3n) is 4.50. The lowest BCUT2D eigenvalue weighted by atomic mass is 9.92. The highest BCUT2D eigenvalue weighted by Gasteiger charge is 2.35. The molecule has 7 nitrogen and oxygen atoms in total. The average molecular weight is 331 g/mol. The molecular formula is C17H25N5O2. The molecule has 0 saturated carbocycles. The van der Waals surface area contributed by atoms with Crippen molar-refractivity contribution in [3.8, 4) is 5.88 Å². The molecule has 0 amide bonds. The molecule has 1 aliphatic heterocycles. The van der Waals surface area contributed by atoms with Crippen molar-refractivity contribution in [2.24, 2.45) is 5.92 Å². The van der Waals surface area contributed by atoms with E-state index in [1.165, 1.54) is 11.9 Å². The second-order valence-corrected chi connectivity index (χ2v) is 6.45. The van der Waals surface area contributed by atoms with Crippen LogP contribution in [0.3, 0.4) is 0 Å². The van der Waals surface area contributed by atoms with Crippen LogP contribution in [0.2, 0.25) is 0 Å². The van der Waals surface area contributed by atoms with Crippen LogP contribution in [0.15, 0.2) is 24.8 Å². The number of aromatic nitrogens is 4. The van der Waals surface area contributed by atoms with Crippen LogP contribution in [0.25, 0.3) is 0 Å². The van der Waals surface area contributed by atoms with Crippen LogP contribution < -0.4 is 9.64 Å². The molecule has 130 valence electrons. The van der Waals surface area contributed by atoms with E-state index in [4.69, 9.17) is 4.74 Å². The molecule has 2 aromatic heterocycles. The van der Waals surface area contributed by atoms with E-state index in [0.29, 0.717) is 18.5 Å². The summed E-state index contributed by atoms with van der Waals surface area (Å²) >= 11 is 0. The summed E-state index contributed by atoms with van der Waals surface area (Å²) in [6, 6.07) is 2.19. The predicted molar refractivity (Wildman–Crippen MR) is 91.3 cm³/mol. The van der Waals surface area contributed by atoms with Crippen LogP contribution in [0.4, 0.5) is 5.82 Å². The zero-order chi connectivity index (χ0) is 17.1. The minimum absolute atomic E-state index is 0.150. The molecule has 0 spiro atoms. The molecule has 0 bridgehead atoms. The zero-order valence-corrected chi connectivity index (χ0v) is 14.5. The molecule has 0 aromatic carbocycles. The minimum atomic E-state index is 0.150. The standard InChI is InChI=1S/C17H25N5O2/c1-4-24-17-5-16(18-11-19-17)21-7-14(10-23)15(9-21)13-6-20-22(8-13)12(2)3/h5-6,8,11-12,14-15,23H,4,7,9-10H2,1-3H3/t14-,15-/m0/s1. The zero-order valence-electron chi connectivity index (χ0n) is 14.5. The van der Waals surface area contributed by atoms with Crippen molar-refractivity contribution in [3.63, 3.8) is 0 Å².